The molecule has 0 spiro atoms. The van der Waals surface area contributed by atoms with Crippen LogP contribution in [0, 0.1) is 0 Å². The maximum absolute atomic E-state index is 2.27. The second kappa shape index (κ2) is 9.05. The van der Waals surface area contributed by atoms with Crippen LogP contribution in [0.4, 0.5) is 17.1 Å². The highest BCUT2D eigenvalue weighted by molar-refractivity contribution is 8.00. The molecule has 3 nitrogen and oxygen atoms in total. The molecule has 0 saturated heterocycles. The number of hydrogen-bond acceptors (Lipinski definition) is 4. The van der Waals surface area contributed by atoms with E-state index >= 15 is 0 Å². The van der Waals surface area contributed by atoms with Crippen molar-refractivity contribution in [3.8, 4) is 0 Å². The summed E-state index contributed by atoms with van der Waals surface area (Å²) in [4.78, 5) is 6.42. The largest absolute Gasteiger partial charge is 0.378 e. The van der Waals surface area contributed by atoms with E-state index in [1.165, 1.54) is 33.8 Å². The van der Waals surface area contributed by atoms with Gasteiger partial charge < -0.3 is 14.7 Å². The average molecular weight is 420 g/mol. The van der Waals surface area contributed by atoms with Crippen LogP contribution in [0.15, 0.2) is 72.8 Å². The Morgan fingerprint density at radius 2 is 0.700 bits per heavy atom. The van der Waals surface area contributed by atoms with Gasteiger partial charge in [0.1, 0.15) is 0 Å². The van der Waals surface area contributed by atoms with Crippen molar-refractivity contribution in [2.24, 2.45) is 0 Å². The van der Waals surface area contributed by atoms with E-state index in [4.69, 9.17) is 0 Å². The Balaban J connectivity index is 2.20. The summed E-state index contributed by atoms with van der Waals surface area (Å²) in [5.74, 6) is 0. The Morgan fingerprint density at radius 3 is 0.867 bits per heavy atom. The zero-order valence-electron chi connectivity index (χ0n) is 19.2. The molecule has 0 atom stereocenters. The predicted molar refractivity (Wildman–Crippen MR) is 136 cm³/mol. The second-order valence-corrected chi connectivity index (χ2v) is 9.23. The highest BCUT2D eigenvalue weighted by Gasteiger charge is 2.35. The molecule has 3 aromatic rings. The van der Waals surface area contributed by atoms with Crippen LogP contribution in [0.2, 0.25) is 0 Å². The highest BCUT2D eigenvalue weighted by atomic mass is 32.2. The third-order valence-electron chi connectivity index (χ3n) is 5.68. The van der Waals surface area contributed by atoms with Crippen LogP contribution in [0.25, 0.3) is 0 Å². The molecule has 3 rings (SSSR count). The molecule has 0 unspecified atom stereocenters. The molecule has 0 aliphatic heterocycles. The number of rotatable bonds is 7. The first-order valence-electron chi connectivity index (χ1n) is 10.2. The fourth-order valence-corrected chi connectivity index (χ4v) is 4.95. The molecule has 0 bridgehead atoms. The molecule has 30 heavy (non-hydrogen) atoms. The number of benzene rings is 3. The van der Waals surface area contributed by atoms with Gasteiger partial charge in [0.2, 0.25) is 0 Å². The number of hydrogen-bond donors (Lipinski definition) is 0. The van der Waals surface area contributed by atoms with Gasteiger partial charge in [-0.05, 0) is 59.3 Å². The number of thioether (sulfide) groups is 1. The first-order chi connectivity index (χ1) is 14.3. The van der Waals surface area contributed by atoms with Gasteiger partial charge in [-0.3, -0.25) is 0 Å². The van der Waals surface area contributed by atoms with Crippen molar-refractivity contribution in [1.29, 1.82) is 0 Å². The summed E-state index contributed by atoms with van der Waals surface area (Å²) in [7, 11) is 12.5. The summed E-state index contributed by atoms with van der Waals surface area (Å²) in [6, 6.07) is 26.9. The normalized spacial score (nSPS) is 11.3. The second-order valence-electron chi connectivity index (χ2n) is 8.21. The van der Waals surface area contributed by atoms with Crippen LogP contribution >= 0.6 is 11.8 Å². The molecule has 0 heterocycles. The van der Waals surface area contributed by atoms with E-state index in [0.29, 0.717) is 0 Å². The third-order valence-corrected chi connectivity index (χ3v) is 7.00. The molecule has 3 aromatic carbocycles. The average Bonchev–Trinajstić information content (AvgIpc) is 2.75. The van der Waals surface area contributed by atoms with Gasteiger partial charge in [-0.2, -0.15) is 0 Å². The minimum atomic E-state index is -0.277. The van der Waals surface area contributed by atoms with Crippen LogP contribution in [0.3, 0.4) is 0 Å². The lowest BCUT2D eigenvalue weighted by atomic mass is 9.83. The van der Waals surface area contributed by atoms with Crippen molar-refractivity contribution in [2.45, 2.75) is 4.75 Å². The van der Waals surface area contributed by atoms with Gasteiger partial charge in [0.15, 0.2) is 0 Å². The van der Waals surface area contributed by atoms with Crippen LogP contribution < -0.4 is 14.7 Å². The summed E-state index contributed by atoms with van der Waals surface area (Å²) < 4.78 is -0.277. The molecular weight excluding hydrogens is 386 g/mol. The molecule has 158 valence electrons. The Bertz CT molecular complexity index is 818. The monoisotopic (exact) mass is 419 g/mol. The zero-order valence-corrected chi connectivity index (χ0v) is 20.0. The molecular formula is C26H33N3S. The minimum Gasteiger partial charge on any atom is -0.378 e. The smallest absolute Gasteiger partial charge is 0.0904 e. The topological polar surface area (TPSA) is 9.72 Å². The van der Waals surface area contributed by atoms with E-state index in [0.717, 1.165) is 0 Å². The fourth-order valence-electron chi connectivity index (χ4n) is 3.84. The molecule has 0 aliphatic carbocycles. The predicted octanol–water partition coefficient (Wildman–Crippen LogP) is 5.54. The summed E-state index contributed by atoms with van der Waals surface area (Å²) >= 11 is 1.88. The van der Waals surface area contributed by atoms with Gasteiger partial charge in [0.25, 0.3) is 0 Å². The minimum absolute atomic E-state index is 0.277. The van der Waals surface area contributed by atoms with Gasteiger partial charge in [0, 0.05) is 59.3 Å². The third kappa shape index (κ3) is 4.15. The lowest BCUT2D eigenvalue weighted by molar-refractivity contribution is 0.896. The first-order valence-corrected chi connectivity index (χ1v) is 11.4. The van der Waals surface area contributed by atoms with E-state index in [1.54, 1.807) is 0 Å². The zero-order chi connectivity index (χ0) is 21.9. The SMILES string of the molecule is CSC(c1ccc(N(C)C)cc1)(c1ccc(N(C)C)cc1)c1ccc(N(C)C)cc1. The molecule has 0 aliphatic rings. The van der Waals surface area contributed by atoms with E-state index < -0.39 is 0 Å². The Labute approximate surface area is 186 Å². The summed E-state index contributed by atoms with van der Waals surface area (Å²) in [5, 5.41) is 0. The van der Waals surface area contributed by atoms with Crippen molar-refractivity contribution in [3.05, 3.63) is 89.5 Å². The highest BCUT2D eigenvalue weighted by Crippen LogP contribution is 2.48. The summed E-state index contributed by atoms with van der Waals surface area (Å²) in [6.45, 7) is 0. The maximum Gasteiger partial charge on any atom is 0.0904 e. The summed E-state index contributed by atoms with van der Waals surface area (Å²) in [6.07, 6.45) is 2.21. The van der Waals surface area contributed by atoms with E-state index in [1.807, 2.05) is 11.8 Å². The van der Waals surface area contributed by atoms with Crippen molar-refractivity contribution in [1.82, 2.24) is 0 Å². The fraction of sp³-hybridized carbons (Fsp3) is 0.308. The van der Waals surface area contributed by atoms with Crippen molar-refractivity contribution >= 4 is 28.8 Å². The molecule has 4 heteroatoms. The standard InChI is InChI=1S/C26H33N3S/c1-27(2)23-14-8-20(9-15-23)26(30-7,21-10-16-24(17-11-21)28(3)4)22-12-18-25(19-13-22)29(5)6/h8-19H,1-7H3. The lowest BCUT2D eigenvalue weighted by Crippen LogP contribution is -2.25. The van der Waals surface area contributed by atoms with Crippen molar-refractivity contribution in [2.75, 3.05) is 63.2 Å². The quantitative estimate of drug-likeness (QED) is 0.465. The van der Waals surface area contributed by atoms with E-state index in [2.05, 4.69) is 136 Å². The summed E-state index contributed by atoms with van der Waals surface area (Å²) in [5.41, 5.74) is 7.49. The Hall–Kier alpha value is -2.59. The number of anilines is 3. The molecule has 0 radical (unpaired) electrons. The molecule has 0 saturated carbocycles. The van der Waals surface area contributed by atoms with Gasteiger partial charge in [-0.1, -0.05) is 36.4 Å². The van der Waals surface area contributed by atoms with Crippen LogP contribution in [0.1, 0.15) is 16.7 Å². The van der Waals surface area contributed by atoms with E-state index in [-0.39, 0.29) is 4.75 Å². The van der Waals surface area contributed by atoms with Crippen molar-refractivity contribution < 1.29 is 0 Å². The first kappa shape index (κ1) is 22.1. The Kier molecular flexibility index (Phi) is 6.67. The molecule has 0 N–H and O–H groups in total. The van der Waals surface area contributed by atoms with Crippen LogP contribution in [0.5, 0.6) is 0 Å². The Morgan fingerprint density at radius 1 is 0.467 bits per heavy atom. The van der Waals surface area contributed by atoms with Crippen molar-refractivity contribution in [3.63, 3.8) is 0 Å². The molecule has 0 fully saturated rings. The number of nitrogens with zero attached hydrogens (tertiary/aromatic N) is 3. The van der Waals surface area contributed by atoms with E-state index in [9.17, 15) is 0 Å². The van der Waals surface area contributed by atoms with Crippen LogP contribution in [-0.4, -0.2) is 48.5 Å². The van der Waals surface area contributed by atoms with Gasteiger partial charge in [-0.15, -0.1) is 11.8 Å². The van der Waals surface area contributed by atoms with Crippen LogP contribution in [-0.2, 0) is 4.75 Å². The molecule has 0 aromatic heterocycles. The van der Waals surface area contributed by atoms with Gasteiger partial charge in [0.05, 0.1) is 4.75 Å². The lowest BCUT2D eigenvalue weighted by Gasteiger charge is -2.35. The van der Waals surface area contributed by atoms with Gasteiger partial charge in [-0.25, -0.2) is 0 Å². The molecule has 0 amide bonds. The van der Waals surface area contributed by atoms with Gasteiger partial charge >= 0.3 is 0 Å². The maximum atomic E-state index is 2.27.